The summed E-state index contributed by atoms with van der Waals surface area (Å²) < 4.78 is 19.4. The molecule has 1 saturated heterocycles. The van der Waals surface area contributed by atoms with Gasteiger partial charge in [0.15, 0.2) is 0 Å². The van der Waals surface area contributed by atoms with E-state index >= 15 is 0 Å². The first-order valence-electron chi connectivity index (χ1n) is 8.73. The van der Waals surface area contributed by atoms with Gasteiger partial charge in [0.2, 0.25) is 5.13 Å². The van der Waals surface area contributed by atoms with Crippen LogP contribution in [0.1, 0.15) is 24.5 Å². The minimum atomic E-state index is -0.374. The predicted octanol–water partition coefficient (Wildman–Crippen LogP) is 2.92. The van der Waals surface area contributed by atoms with E-state index in [1.807, 2.05) is 13.8 Å². The van der Waals surface area contributed by atoms with Gasteiger partial charge in [-0.25, -0.2) is 14.4 Å². The Bertz CT molecular complexity index is 1010. The molecule has 6 nitrogen and oxygen atoms in total. The number of fused-ring (bicyclic) bond motifs is 1. The maximum atomic E-state index is 13.4. The third kappa shape index (κ3) is 3.21. The molecule has 0 bridgehead atoms. The van der Waals surface area contributed by atoms with Crippen LogP contribution >= 0.6 is 11.5 Å². The van der Waals surface area contributed by atoms with E-state index in [4.69, 9.17) is 0 Å². The summed E-state index contributed by atoms with van der Waals surface area (Å²) in [7, 11) is 0. The second kappa shape index (κ2) is 6.75. The quantitative estimate of drug-likeness (QED) is 0.706. The van der Waals surface area contributed by atoms with Crippen molar-refractivity contribution in [3.63, 3.8) is 0 Å². The summed E-state index contributed by atoms with van der Waals surface area (Å²) in [4.78, 5) is 23.9. The van der Waals surface area contributed by atoms with Gasteiger partial charge in [0.25, 0.3) is 5.56 Å². The van der Waals surface area contributed by atoms with Crippen LogP contribution in [0, 0.1) is 25.6 Å². The number of benzene rings is 1. The van der Waals surface area contributed by atoms with Crippen molar-refractivity contribution in [3.05, 3.63) is 46.0 Å². The SMILES string of the molecule is Cc1nsc(N2CCC(Cn3c(C)nc4cc(F)ccc4c3=O)CC2)n1. The minimum absolute atomic E-state index is 0.0883. The second-order valence-electron chi connectivity index (χ2n) is 6.79. The van der Waals surface area contributed by atoms with Crippen molar-refractivity contribution in [1.82, 2.24) is 18.9 Å². The molecule has 0 radical (unpaired) electrons. The minimum Gasteiger partial charge on any atom is -0.347 e. The third-order valence-electron chi connectivity index (χ3n) is 4.95. The first kappa shape index (κ1) is 17.1. The van der Waals surface area contributed by atoms with Gasteiger partial charge in [-0.15, -0.1) is 0 Å². The number of nitrogens with zero attached hydrogens (tertiary/aromatic N) is 5. The van der Waals surface area contributed by atoms with E-state index in [0.29, 0.717) is 29.2 Å². The number of rotatable bonds is 3. The Morgan fingerprint density at radius 1 is 1.23 bits per heavy atom. The summed E-state index contributed by atoms with van der Waals surface area (Å²) >= 11 is 1.44. The molecule has 0 unspecified atom stereocenters. The van der Waals surface area contributed by atoms with Crippen LogP contribution in [-0.4, -0.2) is 32.0 Å². The van der Waals surface area contributed by atoms with E-state index in [0.717, 1.165) is 36.9 Å². The second-order valence-corrected chi connectivity index (χ2v) is 7.52. The highest BCUT2D eigenvalue weighted by Crippen LogP contribution is 2.25. The van der Waals surface area contributed by atoms with Gasteiger partial charge in [-0.05, 0) is 44.7 Å². The molecular weight excluding hydrogens is 353 g/mol. The zero-order valence-corrected chi connectivity index (χ0v) is 15.6. The molecule has 0 amide bonds. The molecule has 1 fully saturated rings. The molecule has 0 aliphatic carbocycles. The lowest BCUT2D eigenvalue weighted by Crippen LogP contribution is -2.37. The summed E-state index contributed by atoms with van der Waals surface area (Å²) in [5.74, 6) is 1.49. The number of piperidine rings is 1. The highest BCUT2D eigenvalue weighted by Gasteiger charge is 2.23. The first-order chi connectivity index (χ1) is 12.5. The van der Waals surface area contributed by atoms with E-state index in [2.05, 4.69) is 19.2 Å². The topological polar surface area (TPSA) is 63.9 Å². The Morgan fingerprint density at radius 2 is 2.00 bits per heavy atom. The van der Waals surface area contributed by atoms with Crippen molar-refractivity contribution in [2.75, 3.05) is 18.0 Å². The van der Waals surface area contributed by atoms with Crippen molar-refractivity contribution in [2.45, 2.75) is 33.2 Å². The molecule has 0 atom stereocenters. The zero-order valence-electron chi connectivity index (χ0n) is 14.8. The lowest BCUT2D eigenvalue weighted by molar-refractivity contribution is 0.348. The Labute approximate surface area is 154 Å². The fourth-order valence-electron chi connectivity index (χ4n) is 3.50. The van der Waals surface area contributed by atoms with Gasteiger partial charge in [0.05, 0.1) is 10.9 Å². The van der Waals surface area contributed by atoms with Gasteiger partial charge in [-0.1, -0.05) is 0 Å². The number of hydrogen-bond acceptors (Lipinski definition) is 6. The largest absolute Gasteiger partial charge is 0.347 e. The molecule has 1 aliphatic rings. The number of anilines is 1. The van der Waals surface area contributed by atoms with Gasteiger partial charge in [-0.3, -0.25) is 9.36 Å². The van der Waals surface area contributed by atoms with Crippen molar-refractivity contribution < 1.29 is 4.39 Å². The number of aryl methyl sites for hydroxylation is 2. The number of halogens is 1. The molecule has 8 heteroatoms. The summed E-state index contributed by atoms with van der Waals surface area (Å²) in [6.45, 7) is 6.19. The molecule has 3 heterocycles. The van der Waals surface area contributed by atoms with Crippen LogP contribution in [0.3, 0.4) is 0 Å². The van der Waals surface area contributed by atoms with E-state index in [1.54, 1.807) is 4.57 Å². The molecule has 0 spiro atoms. The van der Waals surface area contributed by atoms with Crippen LogP contribution in [0.4, 0.5) is 9.52 Å². The van der Waals surface area contributed by atoms with E-state index in [-0.39, 0.29) is 11.4 Å². The van der Waals surface area contributed by atoms with E-state index < -0.39 is 0 Å². The Morgan fingerprint density at radius 3 is 2.69 bits per heavy atom. The van der Waals surface area contributed by atoms with Crippen molar-refractivity contribution in [3.8, 4) is 0 Å². The van der Waals surface area contributed by atoms with Crippen LogP contribution in [0.15, 0.2) is 23.0 Å². The molecule has 0 N–H and O–H groups in total. The summed E-state index contributed by atoms with van der Waals surface area (Å²) in [6.07, 6.45) is 1.98. The van der Waals surface area contributed by atoms with Gasteiger partial charge in [0, 0.05) is 37.2 Å². The summed E-state index contributed by atoms with van der Waals surface area (Å²) in [6, 6.07) is 4.15. The highest BCUT2D eigenvalue weighted by atomic mass is 32.1. The standard InChI is InChI=1S/C18H20FN5OS/c1-11-20-18(26-22-11)23-7-5-13(6-8-23)10-24-12(2)21-16-9-14(19)3-4-15(16)17(24)25/h3-4,9,13H,5-8,10H2,1-2H3. The van der Waals surface area contributed by atoms with Crippen LogP contribution in [0.5, 0.6) is 0 Å². The average molecular weight is 373 g/mol. The Hall–Kier alpha value is -2.35. The molecular formula is C18H20FN5OS. The van der Waals surface area contributed by atoms with Gasteiger partial charge >= 0.3 is 0 Å². The normalized spacial score (nSPS) is 15.7. The van der Waals surface area contributed by atoms with Gasteiger partial charge in [0.1, 0.15) is 17.5 Å². The van der Waals surface area contributed by atoms with Crippen molar-refractivity contribution >= 4 is 27.6 Å². The van der Waals surface area contributed by atoms with Crippen LogP contribution < -0.4 is 10.5 Å². The molecule has 0 saturated carbocycles. The highest BCUT2D eigenvalue weighted by molar-refractivity contribution is 7.09. The molecule has 26 heavy (non-hydrogen) atoms. The number of hydrogen-bond donors (Lipinski definition) is 0. The summed E-state index contributed by atoms with van der Waals surface area (Å²) in [5.41, 5.74) is 0.333. The Kier molecular flexibility index (Phi) is 4.44. The van der Waals surface area contributed by atoms with Crippen LogP contribution in [0.25, 0.3) is 10.9 Å². The fraction of sp³-hybridized carbons (Fsp3) is 0.444. The zero-order chi connectivity index (χ0) is 18.3. The van der Waals surface area contributed by atoms with E-state index in [1.165, 1.54) is 29.7 Å². The van der Waals surface area contributed by atoms with Crippen LogP contribution in [0.2, 0.25) is 0 Å². The predicted molar refractivity (Wildman–Crippen MR) is 100 cm³/mol. The molecule has 4 rings (SSSR count). The molecule has 1 aliphatic heterocycles. The monoisotopic (exact) mass is 373 g/mol. The lowest BCUT2D eigenvalue weighted by atomic mass is 9.97. The molecule has 1 aromatic carbocycles. The summed E-state index contributed by atoms with van der Waals surface area (Å²) in [5, 5.41) is 1.45. The maximum Gasteiger partial charge on any atom is 0.261 e. The molecule has 3 aromatic rings. The average Bonchev–Trinajstić information content (AvgIpc) is 3.05. The van der Waals surface area contributed by atoms with Crippen LogP contribution in [-0.2, 0) is 6.54 Å². The van der Waals surface area contributed by atoms with E-state index in [9.17, 15) is 9.18 Å². The Balaban J connectivity index is 1.51. The first-order valence-corrected chi connectivity index (χ1v) is 9.50. The van der Waals surface area contributed by atoms with Crippen molar-refractivity contribution in [2.24, 2.45) is 5.92 Å². The lowest BCUT2D eigenvalue weighted by Gasteiger charge is -2.32. The smallest absolute Gasteiger partial charge is 0.261 e. The maximum absolute atomic E-state index is 13.4. The van der Waals surface area contributed by atoms with Crippen molar-refractivity contribution in [1.29, 1.82) is 0 Å². The fourth-order valence-corrected chi connectivity index (χ4v) is 4.23. The molecule has 2 aromatic heterocycles. The number of aromatic nitrogens is 4. The van der Waals surface area contributed by atoms with Gasteiger partial charge in [-0.2, -0.15) is 4.37 Å². The molecule has 136 valence electrons. The third-order valence-corrected chi connectivity index (χ3v) is 5.82. The van der Waals surface area contributed by atoms with Gasteiger partial charge < -0.3 is 4.90 Å².